The van der Waals surface area contributed by atoms with Gasteiger partial charge in [-0.2, -0.15) is 13.2 Å². The summed E-state index contributed by atoms with van der Waals surface area (Å²) in [5, 5.41) is -0.783. The Morgan fingerprint density at radius 2 is 1.65 bits per heavy atom. The highest BCUT2D eigenvalue weighted by molar-refractivity contribution is 7.91. The van der Waals surface area contributed by atoms with E-state index in [0.29, 0.717) is 5.56 Å². The minimum Gasteiger partial charge on any atom is -0.228 e. The topological polar surface area (TPSA) is 34.1 Å². The molecule has 2 nitrogen and oxygen atoms in total. The van der Waals surface area contributed by atoms with E-state index >= 15 is 0 Å². The van der Waals surface area contributed by atoms with Gasteiger partial charge in [-0.25, -0.2) is 8.42 Å². The van der Waals surface area contributed by atoms with E-state index in [4.69, 9.17) is 0 Å². The molecule has 0 aliphatic carbocycles. The van der Waals surface area contributed by atoms with Crippen LogP contribution in [-0.2, 0) is 16.0 Å². The first-order valence-corrected chi connectivity index (χ1v) is 6.78. The van der Waals surface area contributed by atoms with Gasteiger partial charge in [0.05, 0.1) is 10.8 Å². The number of rotatable bonds is 3. The Morgan fingerprint density at radius 1 is 1.18 bits per heavy atom. The molecule has 0 saturated heterocycles. The van der Waals surface area contributed by atoms with Crippen molar-refractivity contribution in [2.24, 2.45) is 0 Å². The Bertz CT molecular complexity index is 474. The Kier molecular flexibility index (Phi) is 3.86. The normalized spacial score (nSPS) is 14.6. The zero-order valence-electron chi connectivity index (χ0n) is 9.45. The molecule has 1 rings (SSSR count). The van der Waals surface area contributed by atoms with Crippen molar-refractivity contribution in [1.29, 1.82) is 0 Å². The van der Waals surface area contributed by atoms with E-state index in [1.807, 2.05) is 0 Å². The highest BCUT2D eigenvalue weighted by Gasteiger charge is 2.30. The molecule has 0 fully saturated rings. The highest BCUT2D eigenvalue weighted by Crippen LogP contribution is 2.31. The van der Waals surface area contributed by atoms with Gasteiger partial charge in [-0.1, -0.05) is 19.1 Å². The van der Waals surface area contributed by atoms with Gasteiger partial charge < -0.3 is 0 Å². The third-order valence-electron chi connectivity index (χ3n) is 2.65. The fourth-order valence-corrected chi connectivity index (χ4v) is 2.47. The second kappa shape index (κ2) is 4.68. The monoisotopic (exact) mass is 266 g/mol. The molecule has 0 spiro atoms. The standard InChI is InChI=1S/C11H13F3O2S/c1-3-17(15,16)8(2)9-4-6-10(7-5-9)11(12,13)14/h4-8H,3H2,1-2H3/t8-/m1/s1. The molecule has 0 heterocycles. The van der Waals surface area contributed by atoms with Crippen LogP contribution in [0, 0.1) is 0 Å². The van der Waals surface area contributed by atoms with Gasteiger partial charge in [0.25, 0.3) is 0 Å². The molecule has 0 N–H and O–H groups in total. The van der Waals surface area contributed by atoms with Crippen molar-refractivity contribution in [3.8, 4) is 0 Å². The number of hydrogen-bond acceptors (Lipinski definition) is 2. The number of alkyl halides is 3. The molecule has 0 radical (unpaired) electrons. The maximum Gasteiger partial charge on any atom is 0.416 e. The van der Waals surface area contributed by atoms with Crippen LogP contribution in [0.2, 0.25) is 0 Å². The molecule has 17 heavy (non-hydrogen) atoms. The van der Waals surface area contributed by atoms with Crippen LogP contribution in [0.4, 0.5) is 13.2 Å². The van der Waals surface area contributed by atoms with Crippen LogP contribution in [0.25, 0.3) is 0 Å². The lowest BCUT2D eigenvalue weighted by Gasteiger charge is -2.13. The first-order valence-electron chi connectivity index (χ1n) is 5.07. The lowest BCUT2D eigenvalue weighted by atomic mass is 10.1. The van der Waals surface area contributed by atoms with Crippen LogP contribution in [0.1, 0.15) is 30.2 Å². The molecular formula is C11H13F3O2S. The molecule has 1 atom stereocenters. The van der Waals surface area contributed by atoms with E-state index in [-0.39, 0.29) is 5.75 Å². The summed E-state index contributed by atoms with van der Waals surface area (Å²) in [6.07, 6.45) is -4.40. The van der Waals surface area contributed by atoms with Crippen LogP contribution in [-0.4, -0.2) is 14.2 Å². The van der Waals surface area contributed by atoms with Gasteiger partial charge in [0.15, 0.2) is 9.84 Å². The Labute approximate surface area is 98.4 Å². The van der Waals surface area contributed by atoms with Gasteiger partial charge >= 0.3 is 6.18 Å². The van der Waals surface area contributed by atoms with Gasteiger partial charge in [-0.3, -0.25) is 0 Å². The molecule has 1 aromatic rings. The van der Waals surface area contributed by atoms with Crippen molar-refractivity contribution in [3.05, 3.63) is 35.4 Å². The second-order valence-electron chi connectivity index (χ2n) is 3.71. The van der Waals surface area contributed by atoms with E-state index in [2.05, 4.69) is 0 Å². The zero-order chi connectivity index (χ0) is 13.3. The van der Waals surface area contributed by atoms with Crippen LogP contribution in [0.3, 0.4) is 0 Å². The molecule has 0 aromatic heterocycles. The van der Waals surface area contributed by atoms with Gasteiger partial charge in [0.2, 0.25) is 0 Å². The Hall–Kier alpha value is -1.04. The van der Waals surface area contributed by atoms with Crippen LogP contribution in [0.15, 0.2) is 24.3 Å². The number of benzene rings is 1. The van der Waals surface area contributed by atoms with E-state index in [9.17, 15) is 21.6 Å². The van der Waals surface area contributed by atoms with Gasteiger partial charge in [0, 0.05) is 5.75 Å². The summed E-state index contributed by atoms with van der Waals surface area (Å²) >= 11 is 0. The van der Waals surface area contributed by atoms with Gasteiger partial charge in [-0.05, 0) is 24.6 Å². The van der Waals surface area contributed by atoms with Crippen LogP contribution in [0.5, 0.6) is 0 Å². The lowest BCUT2D eigenvalue weighted by molar-refractivity contribution is -0.137. The smallest absolute Gasteiger partial charge is 0.228 e. The summed E-state index contributed by atoms with van der Waals surface area (Å²) < 4.78 is 60.0. The Morgan fingerprint density at radius 3 is 2.00 bits per heavy atom. The molecule has 96 valence electrons. The SMILES string of the molecule is CCS(=O)(=O)[C@H](C)c1ccc(C(F)(F)F)cc1. The molecule has 1 aromatic carbocycles. The van der Waals surface area contributed by atoms with Crippen molar-refractivity contribution >= 4 is 9.84 Å². The molecule has 0 amide bonds. The average Bonchev–Trinajstić information content (AvgIpc) is 2.27. The molecule has 6 heteroatoms. The predicted octanol–water partition coefficient (Wildman–Crippen LogP) is 3.20. The van der Waals surface area contributed by atoms with E-state index in [1.165, 1.54) is 26.0 Å². The first kappa shape index (κ1) is 14.0. The van der Waals surface area contributed by atoms with Crippen molar-refractivity contribution in [1.82, 2.24) is 0 Å². The fraction of sp³-hybridized carbons (Fsp3) is 0.455. The first-order chi connectivity index (χ1) is 7.68. The van der Waals surface area contributed by atoms with E-state index < -0.39 is 26.8 Å². The van der Waals surface area contributed by atoms with Crippen molar-refractivity contribution in [3.63, 3.8) is 0 Å². The van der Waals surface area contributed by atoms with Crippen molar-refractivity contribution < 1.29 is 21.6 Å². The number of hydrogen-bond donors (Lipinski definition) is 0. The number of sulfone groups is 1. The molecule has 0 unspecified atom stereocenters. The summed E-state index contributed by atoms with van der Waals surface area (Å²) in [7, 11) is -3.28. The van der Waals surface area contributed by atoms with Crippen molar-refractivity contribution in [2.75, 3.05) is 5.75 Å². The highest BCUT2D eigenvalue weighted by atomic mass is 32.2. The molecule has 0 saturated carbocycles. The zero-order valence-corrected chi connectivity index (χ0v) is 10.3. The summed E-state index contributed by atoms with van der Waals surface area (Å²) in [4.78, 5) is 0. The van der Waals surface area contributed by atoms with Crippen LogP contribution >= 0.6 is 0 Å². The van der Waals surface area contributed by atoms with Crippen molar-refractivity contribution in [2.45, 2.75) is 25.3 Å². The third kappa shape index (κ3) is 3.21. The van der Waals surface area contributed by atoms with Gasteiger partial charge in [-0.15, -0.1) is 0 Å². The molecule has 0 bridgehead atoms. The maximum atomic E-state index is 12.3. The second-order valence-corrected chi connectivity index (χ2v) is 6.32. The predicted molar refractivity (Wildman–Crippen MR) is 59.3 cm³/mol. The minimum absolute atomic E-state index is 0.0326. The lowest BCUT2D eigenvalue weighted by Crippen LogP contribution is -2.13. The molecule has 0 aliphatic heterocycles. The fourth-order valence-electron chi connectivity index (χ4n) is 1.40. The third-order valence-corrected chi connectivity index (χ3v) is 4.80. The Balaban J connectivity index is 3.04. The average molecular weight is 266 g/mol. The summed E-state index contributed by atoms with van der Waals surface area (Å²) in [6, 6.07) is 4.22. The minimum atomic E-state index is -4.40. The summed E-state index contributed by atoms with van der Waals surface area (Å²) in [5.74, 6) is -0.0326. The molecule has 0 aliphatic rings. The van der Waals surface area contributed by atoms with Gasteiger partial charge in [0.1, 0.15) is 0 Å². The van der Waals surface area contributed by atoms with E-state index in [0.717, 1.165) is 12.1 Å². The van der Waals surface area contributed by atoms with E-state index in [1.54, 1.807) is 0 Å². The maximum absolute atomic E-state index is 12.3. The molecular weight excluding hydrogens is 253 g/mol. The summed E-state index contributed by atoms with van der Waals surface area (Å²) in [5.41, 5.74) is -0.401. The van der Waals surface area contributed by atoms with Crippen LogP contribution < -0.4 is 0 Å². The quantitative estimate of drug-likeness (QED) is 0.842. The number of halogens is 3. The summed E-state index contributed by atoms with van der Waals surface area (Å²) in [6.45, 7) is 2.98. The largest absolute Gasteiger partial charge is 0.416 e.